The fourth-order valence-corrected chi connectivity index (χ4v) is 2.09. The molecule has 0 saturated carbocycles. The average Bonchev–Trinajstić information content (AvgIpc) is 3.00. The molecular formula is C18H12F3NO3. The van der Waals surface area contributed by atoms with E-state index in [1.54, 1.807) is 18.2 Å². The van der Waals surface area contributed by atoms with Crippen LogP contribution in [0.4, 0.5) is 13.2 Å². The number of carbonyl (C=O) groups is 1. The number of halogens is 3. The van der Waals surface area contributed by atoms with Crippen LogP contribution < -0.4 is 0 Å². The maximum Gasteiger partial charge on any atom is 0.416 e. The van der Waals surface area contributed by atoms with Crippen molar-refractivity contribution in [2.75, 3.05) is 0 Å². The molecule has 0 aliphatic rings. The Balaban J connectivity index is 1.57. The summed E-state index contributed by atoms with van der Waals surface area (Å²) < 4.78 is 47.8. The number of aromatic nitrogens is 1. The molecule has 0 spiro atoms. The van der Waals surface area contributed by atoms with Crippen LogP contribution in [0.2, 0.25) is 0 Å². The molecular weight excluding hydrogens is 335 g/mol. The van der Waals surface area contributed by atoms with E-state index in [4.69, 9.17) is 9.15 Å². The lowest BCUT2D eigenvalue weighted by Crippen LogP contribution is -2.05. The zero-order valence-corrected chi connectivity index (χ0v) is 12.8. The Labute approximate surface area is 140 Å². The second-order valence-corrected chi connectivity index (χ2v) is 5.16. The molecule has 25 heavy (non-hydrogen) atoms. The van der Waals surface area contributed by atoms with E-state index in [2.05, 4.69) is 4.98 Å². The van der Waals surface area contributed by atoms with Gasteiger partial charge in [-0.05, 0) is 29.8 Å². The van der Waals surface area contributed by atoms with Gasteiger partial charge in [-0.3, -0.25) is 0 Å². The lowest BCUT2D eigenvalue weighted by Gasteiger charge is -2.07. The first kappa shape index (κ1) is 16.8. The van der Waals surface area contributed by atoms with Crippen molar-refractivity contribution in [2.24, 2.45) is 0 Å². The minimum absolute atomic E-state index is 0.130. The summed E-state index contributed by atoms with van der Waals surface area (Å²) in [4.78, 5) is 15.8. The minimum atomic E-state index is -4.39. The molecule has 0 aliphatic heterocycles. The van der Waals surface area contributed by atoms with Crippen molar-refractivity contribution < 1.29 is 27.1 Å². The first-order valence-electron chi connectivity index (χ1n) is 7.28. The van der Waals surface area contributed by atoms with Gasteiger partial charge in [-0.15, -0.1) is 0 Å². The highest BCUT2D eigenvalue weighted by atomic mass is 19.4. The molecule has 0 radical (unpaired) electrons. The summed E-state index contributed by atoms with van der Waals surface area (Å²) in [5.41, 5.74) is 0.968. The van der Waals surface area contributed by atoms with Crippen molar-refractivity contribution >= 4 is 23.1 Å². The van der Waals surface area contributed by atoms with Gasteiger partial charge >= 0.3 is 12.1 Å². The number of ether oxygens (including phenoxy) is 1. The van der Waals surface area contributed by atoms with Crippen LogP contribution in [0.25, 0.3) is 17.2 Å². The van der Waals surface area contributed by atoms with Gasteiger partial charge in [0, 0.05) is 12.2 Å². The van der Waals surface area contributed by atoms with Crippen molar-refractivity contribution in [3.8, 4) is 0 Å². The Bertz CT molecular complexity index is 878. The molecule has 1 aromatic heterocycles. The zero-order valence-electron chi connectivity index (χ0n) is 12.8. The third-order valence-electron chi connectivity index (χ3n) is 3.33. The summed E-state index contributed by atoms with van der Waals surface area (Å²) in [5, 5.41) is 0. The van der Waals surface area contributed by atoms with Gasteiger partial charge in [0.2, 0.25) is 5.89 Å². The first-order chi connectivity index (χ1) is 11.9. The average molecular weight is 347 g/mol. The molecule has 0 amide bonds. The van der Waals surface area contributed by atoms with Crippen LogP contribution in [0.5, 0.6) is 0 Å². The first-order valence-corrected chi connectivity index (χ1v) is 7.28. The van der Waals surface area contributed by atoms with E-state index < -0.39 is 17.7 Å². The van der Waals surface area contributed by atoms with Crippen molar-refractivity contribution in [3.63, 3.8) is 0 Å². The van der Waals surface area contributed by atoms with Crippen LogP contribution in [-0.2, 0) is 22.3 Å². The molecule has 4 nitrogen and oxygen atoms in total. The van der Waals surface area contributed by atoms with Crippen molar-refractivity contribution in [1.82, 2.24) is 4.98 Å². The molecule has 0 unspecified atom stereocenters. The molecule has 2 aromatic carbocycles. The summed E-state index contributed by atoms with van der Waals surface area (Å²) in [6, 6.07) is 11.6. The molecule has 0 atom stereocenters. The molecule has 1 heterocycles. The molecule has 3 rings (SSSR count). The fraction of sp³-hybridized carbons (Fsp3) is 0.111. The summed E-state index contributed by atoms with van der Waals surface area (Å²) in [6.45, 7) is -0.130. The van der Waals surface area contributed by atoms with Gasteiger partial charge in [0.25, 0.3) is 0 Å². The molecule has 7 heteroatoms. The summed E-state index contributed by atoms with van der Waals surface area (Å²) >= 11 is 0. The maximum atomic E-state index is 12.5. The monoisotopic (exact) mass is 347 g/mol. The van der Waals surface area contributed by atoms with E-state index in [0.717, 1.165) is 18.2 Å². The van der Waals surface area contributed by atoms with Gasteiger partial charge in [-0.2, -0.15) is 13.2 Å². The van der Waals surface area contributed by atoms with E-state index in [0.29, 0.717) is 16.7 Å². The van der Waals surface area contributed by atoms with Crippen LogP contribution in [0.1, 0.15) is 17.0 Å². The van der Waals surface area contributed by atoms with Gasteiger partial charge in [-0.25, -0.2) is 9.78 Å². The summed E-state index contributed by atoms with van der Waals surface area (Å²) in [6.07, 6.45) is -1.87. The van der Waals surface area contributed by atoms with Crippen molar-refractivity contribution in [3.05, 3.63) is 71.6 Å². The van der Waals surface area contributed by atoms with E-state index in [9.17, 15) is 18.0 Å². The third kappa shape index (κ3) is 4.26. The number of alkyl halides is 3. The van der Waals surface area contributed by atoms with Crippen LogP contribution >= 0.6 is 0 Å². The minimum Gasteiger partial charge on any atom is -0.458 e. The number of rotatable bonds is 4. The maximum absolute atomic E-state index is 12.5. The molecule has 0 bridgehead atoms. The summed E-state index contributed by atoms with van der Waals surface area (Å²) in [7, 11) is 0. The third-order valence-corrected chi connectivity index (χ3v) is 3.33. The van der Waals surface area contributed by atoms with E-state index in [1.165, 1.54) is 18.2 Å². The highest BCUT2D eigenvalue weighted by molar-refractivity contribution is 5.86. The van der Waals surface area contributed by atoms with E-state index >= 15 is 0 Å². The van der Waals surface area contributed by atoms with Gasteiger partial charge in [0.1, 0.15) is 12.1 Å². The molecule has 128 valence electrons. The predicted octanol–water partition coefficient (Wildman–Crippen LogP) is 4.60. The standard InChI is InChI=1S/C18H12F3NO3/c19-18(20,21)13-7-5-12(6-8-13)11-24-17(23)10-9-16-22-14-3-1-2-4-15(14)25-16/h1-10H,11H2/b10-9+. The number of nitrogens with zero attached hydrogens (tertiary/aromatic N) is 1. The molecule has 0 aliphatic carbocycles. The quantitative estimate of drug-likeness (QED) is 0.511. The Morgan fingerprint density at radius 2 is 1.84 bits per heavy atom. The SMILES string of the molecule is O=C(/C=C/c1nc2ccccc2o1)OCc1ccc(C(F)(F)F)cc1. The number of carbonyl (C=O) groups excluding carboxylic acids is 1. The number of oxazole rings is 1. The Morgan fingerprint density at radius 1 is 1.12 bits per heavy atom. The zero-order chi connectivity index (χ0) is 17.9. The molecule has 3 aromatic rings. The van der Waals surface area contributed by atoms with Crippen molar-refractivity contribution in [1.29, 1.82) is 0 Å². The highest BCUT2D eigenvalue weighted by Gasteiger charge is 2.29. The lowest BCUT2D eigenvalue weighted by molar-refractivity contribution is -0.139. The van der Waals surface area contributed by atoms with Crippen LogP contribution in [0, 0.1) is 0 Å². The Hall–Kier alpha value is -3.09. The highest BCUT2D eigenvalue weighted by Crippen LogP contribution is 2.29. The van der Waals surface area contributed by atoms with Crippen molar-refractivity contribution in [2.45, 2.75) is 12.8 Å². The largest absolute Gasteiger partial charge is 0.458 e. The van der Waals surface area contributed by atoms with Crippen LogP contribution in [-0.4, -0.2) is 11.0 Å². The Kier molecular flexibility index (Phi) is 4.56. The second kappa shape index (κ2) is 6.80. The molecule has 0 fully saturated rings. The van der Waals surface area contributed by atoms with E-state index in [1.807, 2.05) is 6.07 Å². The number of benzene rings is 2. The molecule has 0 saturated heterocycles. The predicted molar refractivity (Wildman–Crippen MR) is 84.3 cm³/mol. The molecule has 0 N–H and O–H groups in total. The Morgan fingerprint density at radius 3 is 2.52 bits per heavy atom. The fourth-order valence-electron chi connectivity index (χ4n) is 2.09. The summed E-state index contributed by atoms with van der Waals surface area (Å²) in [5.74, 6) is -0.394. The van der Waals surface area contributed by atoms with Crippen LogP contribution in [0.3, 0.4) is 0 Å². The van der Waals surface area contributed by atoms with Gasteiger partial charge in [0.05, 0.1) is 5.56 Å². The normalized spacial score (nSPS) is 12.0. The lowest BCUT2D eigenvalue weighted by atomic mass is 10.1. The van der Waals surface area contributed by atoms with Crippen LogP contribution in [0.15, 0.2) is 59.0 Å². The van der Waals surface area contributed by atoms with Gasteiger partial charge in [-0.1, -0.05) is 24.3 Å². The van der Waals surface area contributed by atoms with Gasteiger partial charge < -0.3 is 9.15 Å². The van der Waals surface area contributed by atoms with E-state index in [-0.39, 0.29) is 12.5 Å². The smallest absolute Gasteiger partial charge is 0.416 e. The number of fused-ring (bicyclic) bond motifs is 1. The number of hydrogen-bond acceptors (Lipinski definition) is 4. The number of para-hydroxylation sites is 2. The number of hydrogen-bond donors (Lipinski definition) is 0. The van der Waals surface area contributed by atoms with Gasteiger partial charge in [0.15, 0.2) is 5.58 Å². The topological polar surface area (TPSA) is 52.3 Å². The second-order valence-electron chi connectivity index (χ2n) is 5.16. The number of esters is 1.